The zero-order chi connectivity index (χ0) is 35.2. The highest BCUT2D eigenvalue weighted by Crippen LogP contribution is 2.29. The topological polar surface area (TPSA) is 47.1 Å². The van der Waals surface area contributed by atoms with Gasteiger partial charge in [0.1, 0.15) is 6.04 Å². The Bertz CT molecular complexity index is 1450. The summed E-state index contributed by atoms with van der Waals surface area (Å²) in [5, 5.41) is 0. The average Bonchev–Trinajstić information content (AvgIpc) is 3.11. The number of alkyl halides is 3. The predicted octanol–water partition coefficient (Wildman–Crippen LogP) is 7.75. The van der Waals surface area contributed by atoms with Gasteiger partial charge < -0.3 is 9.80 Å². The Labute approximate surface area is 290 Å². The Hall–Kier alpha value is -3.95. The van der Waals surface area contributed by atoms with Crippen LogP contribution in [0.4, 0.5) is 13.2 Å². The lowest BCUT2D eigenvalue weighted by atomic mass is 10.0. The molecule has 0 spiro atoms. The van der Waals surface area contributed by atoms with E-state index in [4.69, 9.17) is 0 Å². The van der Waals surface area contributed by atoms with Crippen molar-refractivity contribution in [3.63, 3.8) is 0 Å². The van der Waals surface area contributed by atoms with Gasteiger partial charge in [0.05, 0.1) is 11.7 Å². The molecule has 0 radical (unpaired) electrons. The number of unbranched alkanes of at least 4 members (excludes halogenated alkanes) is 2. The van der Waals surface area contributed by atoms with Crippen molar-refractivity contribution >= 4 is 17.9 Å². The van der Waals surface area contributed by atoms with Crippen molar-refractivity contribution in [3.05, 3.63) is 113 Å². The SMILES string of the molecule is CCCCN(CCCC)C(C)N(C(=O)/C=C/c1ccc(C(F)(F)F)cc1)[C@@H](Cc1ccccc1)C(=O)N1CCN(Cc2ccccc2)CC1. The summed E-state index contributed by atoms with van der Waals surface area (Å²) < 4.78 is 39.5. The number of hydrogen-bond donors (Lipinski definition) is 0. The van der Waals surface area contributed by atoms with E-state index in [0.717, 1.165) is 76.1 Å². The molecular formula is C40H51F3N4O2. The molecule has 2 amide bonds. The summed E-state index contributed by atoms with van der Waals surface area (Å²) in [6, 6.07) is 24.0. The molecule has 0 saturated carbocycles. The van der Waals surface area contributed by atoms with Crippen LogP contribution < -0.4 is 0 Å². The minimum Gasteiger partial charge on any atom is -0.338 e. The molecule has 9 heteroatoms. The van der Waals surface area contributed by atoms with Crippen molar-refractivity contribution in [1.29, 1.82) is 0 Å². The summed E-state index contributed by atoms with van der Waals surface area (Å²) >= 11 is 0. The van der Waals surface area contributed by atoms with E-state index in [9.17, 15) is 22.8 Å². The summed E-state index contributed by atoms with van der Waals surface area (Å²) in [7, 11) is 0. The highest BCUT2D eigenvalue weighted by atomic mass is 19.4. The van der Waals surface area contributed by atoms with Crippen LogP contribution in [-0.4, -0.2) is 82.9 Å². The monoisotopic (exact) mass is 676 g/mol. The van der Waals surface area contributed by atoms with E-state index in [1.165, 1.54) is 29.8 Å². The van der Waals surface area contributed by atoms with Crippen molar-refractivity contribution in [1.82, 2.24) is 19.6 Å². The molecule has 1 heterocycles. The summed E-state index contributed by atoms with van der Waals surface area (Å²) in [5.74, 6) is -0.431. The number of amides is 2. The second-order valence-corrected chi connectivity index (χ2v) is 12.9. The Balaban J connectivity index is 1.65. The van der Waals surface area contributed by atoms with Crippen LogP contribution in [0.15, 0.2) is 91.0 Å². The molecule has 0 bridgehead atoms. The number of carbonyl (C=O) groups is 2. The van der Waals surface area contributed by atoms with Gasteiger partial charge in [0.25, 0.3) is 0 Å². The second-order valence-electron chi connectivity index (χ2n) is 12.9. The molecular weight excluding hydrogens is 625 g/mol. The first kappa shape index (κ1) is 37.9. The fraction of sp³-hybridized carbons (Fsp3) is 0.450. The second kappa shape index (κ2) is 18.7. The van der Waals surface area contributed by atoms with Crippen LogP contribution in [0.2, 0.25) is 0 Å². The molecule has 1 aliphatic rings. The maximum atomic E-state index is 14.6. The van der Waals surface area contributed by atoms with Crippen molar-refractivity contribution < 1.29 is 22.8 Å². The largest absolute Gasteiger partial charge is 0.416 e. The number of benzene rings is 3. The predicted molar refractivity (Wildman–Crippen MR) is 190 cm³/mol. The number of carbonyl (C=O) groups excluding carboxylic acids is 2. The molecule has 264 valence electrons. The van der Waals surface area contributed by atoms with Crippen LogP contribution in [-0.2, 0) is 28.7 Å². The number of nitrogens with zero attached hydrogens (tertiary/aromatic N) is 4. The lowest BCUT2D eigenvalue weighted by molar-refractivity contribution is -0.150. The summed E-state index contributed by atoms with van der Waals surface area (Å²) in [6.07, 6.45) is 2.37. The van der Waals surface area contributed by atoms with Gasteiger partial charge in [-0.25, -0.2) is 0 Å². The van der Waals surface area contributed by atoms with Crippen LogP contribution >= 0.6 is 0 Å². The van der Waals surface area contributed by atoms with Crippen LogP contribution in [0, 0.1) is 0 Å². The van der Waals surface area contributed by atoms with E-state index in [1.54, 1.807) is 4.90 Å². The summed E-state index contributed by atoms with van der Waals surface area (Å²) in [4.78, 5) is 37.3. The van der Waals surface area contributed by atoms with Gasteiger partial charge in [-0.3, -0.25) is 19.4 Å². The van der Waals surface area contributed by atoms with Gasteiger partial charge in [-0.15, -0.1) is 0 Å². The number of rotatable bonds is 16. The third-order valence-electron chi connectivity index (χ3n) is 9.27. The lowest BCUT2D eigenvalue weighted by Gasteiger charge is -2.44. The Morgan fingerprint density at radius 3 is 1.88 bits per heavy atom. The van der Waals surface area contributed by atoms with E-state index in [0.29, 0.717) is 25.1 Å². The fourth-order valence-corrected chi connectivity index (χ4v) is 6.34. The number of halogens is 3. The van der Waals surface area contributed by atoms with E-state index in [1.807, 2.05) is 60.4 Å². The normalized spacial score (nSPS) is 15.4. The maximum absolute atomic E-state index is 14.6. The van der Waals surface area contributed by atoms with Gasteiger partial charge >= 0.3 is 6.18 Å². The molecule has 0 aromatic heterocycles. The summed E-state index contributed by atoms with van der Waals surface area (Å²) in [6.45, 7) is 11.2. The Kier molecular flexibility index (Phi) is 14.5. The number of hydrogen-bond acceptors (Lipinski definition) is 4. The maximum Gasteiger partial charge on any atom is 0.416 e. The molecule has 4 rings (SSSR count). The van der Waals surface area contributed by atoms with Gasteiger partial charge in [-0.2, -0.15) is 13.2 Å². The molecule has 49 heavy (non-hydrogen) atoms. The smallest absolute Gasteiger partial charge is 0.338 e. The highest BCUT2D eigenvalue weighted by Gasteiger charge is 2.38. The van der Waals surface area contributed by atoms with Gasteiger partial charge in [0, 0.05) is 58.3 Å². The molecule has 1 aliphatic heterocycles. The van der Waals surface area contributed by atoms with Crippen LogP contribution in [0.25, 0.3) is 6.08 Å². The van der Waals surface area contributed by atoms with Gasteiger partial charge in [-0.05, 0) is 54.7 Å². The standard InChI is InChI=1S/C40H51F3N4O2/c1-4-6-24-45(25-7-5-2)32(3)47(38(48)23-20-33-18-21-36(22-19-33)40(41,42)43)37(30-34-14-10-8-11-15-34)39(49)46-28-26-44(27-29-46)31-35-16-12-9-13-17-35/h8-23,32,37H,4-7,24-31H2,1-3H3/b23-20+/t32?,37-/m0/s1. The van der Waals surface area contributed by atoms with Crippen molar-refractivity contribution in [3.8, 4) is 0 Å². The number of piperazine rings is 1. The first-order valence-corrected chi connectivity index (χ1v) is 17.6. The first-order chi connectivity index (χ1) is 23.6. The van der Waals surface area contributed by atoms with E-state index in [-0.39, 0.29) is 18.0 Å². The molecule has 1 saturated heterocycles. The van der Waals surface area contributed by atoms with E-state index < -0.39 is 17.8 Å². The van der Waals surface area contributed by atoms with E-state index >= 15 is 0 Å². The van der Waals surface area contributed by atoms with E-state index in [2.05, 4.69) is 35.8 Å². The molecule has 0 aliphatic carbocycles. The van der Waals surface area contributed by atoms with Crippen LogP contribution in [0.1, 0.15) is 68.7 Å². The van der Waals surface area contributed by atoms with Crippen LogP contribution in [0.3, 0.4) is 0 Å². The fourth-order valence-electron chi connectivity index (χ4n) is 6.34. The zero-order valence-corrected chi connectivity index (χ0v) is 29.1. The van der Waals surface area contributed by atoms with Crippen molar-refractivity contribution in [2.75, 3.05) is 39.3 Å². The average molecular weight is 677 g/mol. The van der Waals surface area contributed by atoms with Gasteiger partial charge in [0.2, 0.25) is 11.8 Å². The third-order valence-corrected chi connectivity index (χ3v) is 9.27. The van der Waals surface area contributed by atoms with Gasteiger partial charge in [0.15, 0.2) is 0 Å². The molecule has 6 nitrogen and oxygen atoms in total. The molecule has 1 unspecified atom stereocenters. The molecule has 0 N–H and O–H groups in total. The Morgan fingerprint density at radius 1 is 0.796 bits per heavy atom. The quantitative estimate of drug-likeness (QED) is 0.115. The Morgan fingerprint density at radius 2 is 1.35 bits per heavy atom. The highest BCUT2D eigenvalue weighted by molar-refractivity contribution is 5.96. The molecule has 1 fully saturated rings. The first-order valence-electron chi connectivity index (χ1n) is 17.6. The molecule has 3 aromatic carbocycles. The molecule has 3 aromatic rings. The lowest BCUT2D eigenvalue weighted by Crippen LogP contribution is -2.61. The summed E-state index contributed by atoms with van der Waals surface area (Å²) in [5.41, 5.74) is 1.91. The van der Waals surface area contributed by atoms with Gasteiger partial charge in [-0.1, -0.05) is 99.5 Å². The minimum atomic E-state index is -4.44. The van der Waals surface area contributed by atoms with Crippen LogP contribution in [0.5, 0.6) is 0 Å². The van der Waals surface area contributed by atoms with Crippen molar-refractivity contribution in [2.24, 2.45) is 0 Å². The molecule has 2 atom stereocenters. The third kappa shape index (κ3) is 11.3. The zero-order valence-electron chi connectivity index (χ0n) is 29.1. The minimum absolute atomic E-state index is 0.0859. The van der Waals surface area contributed by atoms with Crippen molar-refractivity contribution in [2.45, 2.75) is 77.8 Å².